The van der Waals surface area contributed by atoms with Crippen molar-refractivity contribution in [1.29, 1.82) is 0 Å². The first-order valence-corrected chi connectivity index (χ1v) is 7.31. The predicted octanol–water partition coefficient (Wildman–Crippen LogP) is 2.70. The molecule has 1 aliphatic carbocycles. The van der Waals surface area contributed by atoms with Gasteiger partial charge in [0.15, 0.2) is 5.76 Å². The van der Waals surface area contributed by atoms with Gasteiger partial charge >= 0.3 is 0 Å². The molecule has 3 nitrogen and oxygen atoms in total. The molecule has 1 saturated heterocycles. The Morgan fingerprint density at radius 2 is 2.00 bits per heavy atom. The van der Waals surface area contributed by atoms with Gasteiger partial charge in [-0.1, -0.05) is 6.08 Å². The molecule has 0 radical (unpaired) electrons. The molecule has 0 aromatic heterocycles. The lowest BCUT2D eigenvalue weighted by molar-refractivity contribution is 0.0588. The number of hydrogen-bond acceptors (Lipinski definition) is 3. The van der Waals surface area contributed by atoms with Crippen LogP contribution in [0.2, 0.25) is 0 Å². The first-order chi connectivity index (χ1) is 8.92. The first kappa shape index (κ1) is 12.1. The van der Waals surface area contributed by atoms with E-state index in [1.807, 2.05) is 0 Å². The molecule has 0 spiro atoms. The summed E-state index contributed by atoms with van der Waals surface area (Å²) < 4.78 is 11.3. The summed E-state index contributed by atoms with van der Waals surface area (Å²) >= 11 is 0. The second-order valence-electron chi connectivity index (χ2n) is 5.50. The maximum atomic E-state index is 5.68. The van der Waals surface area contributed by atoms with Gasteiger partial charge in [-0.15, -0.1) is 0 Å². The average Bonchev–Trinajstić information content (AvgIpc) is 2.92. The maximum Gasteiger partial charge on any atom is 0.156 e. The molecule has 1 fully saturated rings. The lowest BCUT2D eigenvalue weighted by Gasteiger charge is -2.26. The Balaban J connectivity index is 1.42. The van der Waals surface area contributed by atoms with E-state index in [0.717, 1.165) is 17.9 Å². The van der Waals surface area contributed by atoms with Crippen LogP contribution in [0.25, 0.3) is 0 Å². The quantitative estimate of drug-likeness (QED) is 0.764. The number of rotatable bonds is 4. The van der Waals surface area contributed by atoms with Gasteiger partial charge in [0, 0.05) is 6.42 Å². The number of nitrogens with zero attached hydrogens (tertiary/aromatic N) is 1. The van der Waals surface area contributed by atoms with Crippen molar-refractivity contribution in [2.75, 3.05) is 32.8 Å². The molecule has 0 bridgehead atoms. The summed E-state index contributed by atoms with van der Waals surface area (Å²) in [4.78, 5) is 2.59. The van der Waals surface area contributed by atoms with Gasteiger partial charge in [-0.25, -0.2) is 0 Å². The zero-order valence-electron chi connectivity index (χ0n) is 11.1. The smallest absolute Gasteiger partial charge is 0.156 e. The van der Waals surface area contributed by atoms with Gasteiger partial charge in [0.1, 0.15) is 19.0 Å². The molecule has 3 aliphatic rings. The molecule has 0 aromatic carbocycles. The Hall–Kier alpha value is -0.960. The molecule has 0 amide bonds. The van der Waals surface area contributed by atoms with Crippen LogP contribution in [0.4, 0.5) is 0 Å². The number of likely N-dealkylation sites (tertiary alicyclic amines) is 1. The van der Waals surface area contributed by atoms with Crippen LogP contribution >= 0.6 is 0 Å². The van der Waals surface area contributed by atoms with Crippen molar-refractivity contribution in [1.82, 2.24) is 4.90 Å². The Labute approximate surface area is 109 Å². The standard InChI is InChI=1S/C15H23NO2/c1-2-8-16(7-1)9-3-4-13-5-6-14-15(12-13)18-11-10-17-14/h5-6,13H,1-4,7-12H2. The summed E-state index contributed by atoms with van der Waals surface area (Å²) in [5, 5.41) is 0. The minimum atomic E-state index is 0.646. The van der Waals surface area contributed by atoms with E-state index in [4.69, 9.17) is 9.47 Å². The topological polar surface area (TPSA) is 21.7 Å². The van der Waals surface area contributed by atoms with E-state index in [0.29, 0.717) is 19.1 Å². The minimum absolute atomic E-state index is 0.646. The second kappa shape index (κ2) is 5.79. The molecule has 0 saturated carbocycles. The summed E-state index contributed by atoms with van der Waals surface area (Å²) in [5.41, 5.74) is 0. The van der Waals surface area contributed by atoms with Gasteiger partial charge < -0.3 is 14.4 Å². The van der Waals surface area contributed by atoms with Crippen LogP contribution in [0, 0.1) is 5.92 Å². The van der Waals surface area contributed by atoms with Crippen molar-refractivity contribution in [3.8, 4) is 0 Å². The molecule has 1 unspecified atom stereocenters. The zero-order valence-corrected chi connectivity index (χ0v) is 11.1. The monoisotopic (exact) mass is 249 g/mol. The number of ether oxygens (including phenoxy) is 2. The molecular formula is C15H23NO2. The lowest BCUT2D eigenvalue weighted by atomic mass is 9.93. The Morgan fingerprint density at radius 3 is 2.89 bits per heavy atom. The van der Waals surface area contributed by atoms with E-state index in [1.54, 1.807) is 0 Å². The van der Waals surface area contributed by atoms with Gasteiger partial charge in [-0.05, 0) is 57.3 Å². The van der Waals surface area contributed by atoms with Crippen molar-refractivity contribution in [3.63, 3.8) is 0 Å². The van der Waals surface area contributed by atoms with E-state index < -0.39 is 0 Å². The van der Waals surface area contributed by atoms with Crippen LogP contribution in [-0.2, 0) is 9.47 Å². The largest absolute Gasteiger partial charge is 0.490 e. The third-order valence-corrected chi connectivity index (χ3v) is 4.11. The molecule has 1 atom stereocenters. The van der Waals surface area contributed by atoms with E-state index in [2.05, 4.69) is 17.1 Å². The van der Waals surface area contributed by atoms with Crippen LogP contribution in [0.1, 0.15) is 32.1 Å². The molecule has 18 heavy (non-hydrogen) atoms. The zero-order chi connectivity index (χ0) is 12.2. The highest BCUT2D eigenvalue weighted by atomic mass is 16.6. The second-order valence-corrected chi connectivity index (χ2v) is 5.50. The van der Waals surface area contributed by atoms with Gasteiger partial charge in [0.05, 0.1) is 0 Å². The highest BCUT2D eigenvalue weighted by Crippen LogP contribution is 2.30. The van der Waals surface area contributed by atoms with Gasteiger partial charge in [-0.2, -0.15) is 0 Å². The van der Waals surface area contributed by atoms with Crippen molar-refractivity contribution in [3.05, 3.63) is 23.7 Å². The van der Waals surface area contributed by atoms with Crippen molar-refractivity contribution in [2.24, 2.45) is 5.92 Å². The summed E-state index contributed by atoms with van der Waals surface area (Å²) in [5.74, 6) is 2.69. The predicted molar refractivity (Wildman–Crippen MR) is 71.1 cm³/mol. The fraction of sp³-hybridized carbons (Fsp3) is 0.733. The van der Waals surface area contributed by atoms with Crippen molar-refractivity contribution < 1.29 is 9.47 Å². The fourth-order valence-electron chi connectivity index (χ4n) is 3.08. The Morgan fingerprint density at radius 1 is 1.17 bits per heavy atom. The van der Waals surface area contributed by atoms with Gasteiger partial charge in [0.2, 0.25) is 0 Å². The van der Waals surface area contributed by atoms with E-state index in [-0.39, 0.29) is 0 Å². The van der Waals surface area contributed by atoms with Crippen molar-refractivity contribution >= 4 is 0 Å². The summed E-state index contributed by atoms with van der Waals surface area (Å²) in [7, 11) is 0. The molecular weight excluding hydrogens is 226 g/mol. The molecule has 3 heteroatoms. The van der Waals surface area contributed by atoms with Crippen LogP contribution in [-0.4, -0.2) is 37.7 Å². The van der Waals surface area contributed by atoms with Crippen LogP contribution in [0.3, 0.4) is 0 Å². The Bertz CT molecular complexity index is 342. The highest BCUT2D eigenvalue weighted by Gasteiger charge is 2.21. The molecule has 0 aromatic rings. The molecule has 3 rings (SSSR count). The molecule has 2 heterocycles. The van der Waals surface area contributed by atoms with E-state index >= 15 is 0 Å². The average molecular weight is 249 g/mol. The normalized spacial score (nSPS) is 27.9. The van der Waals surface area contributed by atoms with Crippen LogP contribution < -0.4 is 0 Å². The van der Waals surface area contributed by atoms with Gasteiger partial charge in [-0.3, -0.25) is 0 Å². The lowest BCUT2D eigenvalue weighted by Crippen LogP contribution is -2.22. The van der Waals surface area contributed by atoms with Gasteiger partial charge in [0.25, 0.3) is 0 Å². The van der Waals surface area contributed by atoms with E-state index in [1.165, 1.54) is 45.3 Å². The SMILES string of the molecule is C1=CC(CCCN2CCCC2)CC2=C1OCCO2. The first-order valence-electron chi connectivity index (χ1n) is 7.31. The van der Waals surface area contributed by atoms with E-state index in [9.17, 15) is 0 Å². The van der Waals surface area contributed by atoms with Crippen molar-refractivity contribution in [2.45, 2.75) is 32.1 Å². The number of allylic oxidation sites excluding steroid dienone is 3. The van der Waals surface area contributed by atoms with Crippen LogP contribution in [0.5, 0.6) is 0 Å². The molecule has 2 aliphatic heterocycles. The maximum absolute atomic E-state index is 5.68. The third-order valence-electron chi connectivity index (χ3n) is 4.11. The minimum Gasteiger partial charge on any atom is -0.490 e. The fourth-order valence-corrected chi connectivity index (χ4v) is 3.08. The summed E-state index contributed by atoms with van der Waals surface area (Å²) in [6.45, 7) is 5.31. The Kier molecular flexibility index (Phi) is 3.89. The summed E-state index contributed by atoms with van der Waals surface area (Å²) in [6, 6.07) is 0. The molecule has 0 N–H and O–H groups in total. The summed E-state index contributed by atoms with van der Waals surface area (Å²) in [6.07, 6.45) is 10.8. The highest BCUT2D eigenvalue weighted by molar-refractivity contribution is 5.23. The van der Waals surface area contributed by atoms with Crippen LogP contribution in [0.15, 0.2) is 23.7 Å². The third kappa shape index (κ3) is 2.89. The number of hydrogen-bond donors (Lipinski definition) is 0. The molecule has 100 valence electrons.